The number of ether oxygens (including phenoxy) is 2. The minimum absolute atomic E-state index is 0.0268. The quantitative estimate of drug-likeness (QED) is 0.317. The molecule has 1 N–H and O–H groups in total. The number of carbonyl (C=O) groups excluding carboxylic acids is 1. The van der Waals surface area contributed by atoms with E-state index in [1.807, 2.05) is 19.1 Å². The van der Waals surface area contributed by atoms with E-state index >= 15 is 0 Å². The van der Waals surface area contributed by atoms with Gasteiger partial charge in [0.1, 0.15) is 11.9 Å². The van der Waals surface area contributed by atoms with Gasteiger partial charge in [-0.2, -0.15) is 0 Å². The maximum atomic E-state index is 11.7. The fourth-order valence-corrected chi connectivity index (χ4v) is 1.80. The number of benzene rings is 1. The number of rotatable bonds is 9. The van der Waals surface area contributed by atoms with Crippen molar-refractivity contribution in [1.82, 2.24) is 5.32 Å². The first kappa shape index (κ1) is 16.0. The zero-order valence-corrected chi connectivity index (χ0v) is 12.2. The molecule has 1 saturated heterocycles. The fraction of sp³-hybridized carbons (Fsp3) is 0.500. The van der Waals surface area contributed by atoms with Gasteiger partial charge in [-0.15, -0.1) is 10.1 Å². The number of amides is 1. The molecule has 22 heavy (non-hydrogen) atoms. The molecular formula is C14H18N2O6. The standard InChI is InChI=1S/C14H18N2O6/c1-10-14(21-10)22-12-5-3-11(4-6-12)9-13(17)15-7-2-8-20-16(18)19/h3-6,10,14H,2,7-9H2,1H3,(H,15,17). The molecule has 2 unspecified atom stereocenters. The Balaban J connectivity index is 1.64. The van der Waals surface area contributed by atoms with Gasteiger partial charge < -0.3 is 19.6 Å². The maximum absolute atomic E-state index is 11.7. The lowest BCUT2D eigenvalue weighted by Crippen LogP contribution is -2.27. The lowest BCUT2D eigenvalue weighted by Gasteiger charge is -2.06. The summed E-state index contributed by atoms with van der Waals surface area (Å²) in [6.45, 7) is 2.24. The van der Waals surface area contributed by atoms with Gasteiger partial charge in [0, 0.05) is 6.54 Å². The van der Waals surface area contributed by atoms with Crippen LogP contribution in [0.2, 0.25) is 0 Å². The maximum Gasteiger partial charge on any atom is 0.294 e. The lowest BCUT2D eigenvalue weighted by molar-refractivity contribution is -0.757. The van der Waals surface area contributed by atoms with Crippen LogP contribution in [-0.4, -0.2) is 36.5 Å². The van der Waals surface area contributed by atoms with Crippen LogP contribution in [0.4, 0.5) is 0 Å². The molecule has 0 bridgehead atoms. The van der Waals surface area contributed by atoms with Crippen molar-refractivity contribution in [2.75, 3.05) is 13.2 Å². The molecule has 0 aliphatic carbocycles. The van der Waals surface area contributed by atoms with Crippen molar-refractivity contribution in [3.8, 4) is 5.75 Å². The summed E-state index contributed by atoms with van der Waals surface area (Å²) in [7, 11) is 0. The Morgan fingerprint density at radius 1 is 1.41 bits per heavy atom. The topological polar surface area (TPSA) is 103 Å². The smallest absolute Gasteiger partial charge is 0.294 e. The lowest BCUT2D eigenvalue weighted by atomic mass is 10.1. The number of carbonyl (C=O) groups is 1. The van der Waals surface area contributed by atoms with Crippen molar-refractivity contribution in [2.24, 2.45) is 0 Å². The van der Waals surface area contributed by atoms with E-state index in [1.54, 1.807) is 12.1 Å². The molecule has 1 amide bonds. The molecule has 2 atom stereocenters. The molecule has 1 aromatic rings. The third-order valence-electron chi connectivity index (χ3n) is 3.04. The van der Waals surface area contributed by atoms with Crippen molar-refractivity contribution >= 4 is 5.91 Å². The number of nitrogens with zero attached hydrogens (tertiary/aromatic N) is 1. The van der Waals surface area contributed by atoms with E-state index in [4.69, 9.17) is 9.47 Å². The second-order valence-electron chi connectivity index (χ2n) is 4.91. The highest BCUT2D eigenvalue weighted by atomic mass is 16.9. The molecule has 0 radical (unpaired) electrons. The Hall–Kier alpha value is -2.35. The number of hydrogen-bond donors (Lipinski definition) is 1. The van der Waals surface area contributed by atoms with Crippen LogP contribution in [0, 0.1) is 10.1 Å². The van der Waals surface area contributed by atoms with Crippen LogP contribution in [0.3, 0.4) is 0 Å². The minimum Gasteiger partial charge on any atom is -0.462 e. The molecule has 8 heteroatoms. The molecule has 0 aromatic heterocycles. The third-order valence-corrected chi connectivity index (χ3v) is 3.04. The zero-order chi connectivity index (χ0) is 15.9. The summed E-state index contributed by atoms with van der Waals surface area (Å²) in [5, 5.41) is 11.8. The molecule has 1 aromatic carbocycles. The summed E-state index contributed by atoms with van der Waals surface area (Å²) in [6, 6.07) is 7.22. The first-order valence-corrected chi connectivity index (χ1v) is 6.99. The average molecular weight is 310 g/mol. The van der Waals surface area contributed by atoms with Crippen LogP contribution in [0.15, 0.2) is 24.3 Å². The number of nitrogens with one attached hydrogen (secondary N) is 1. The Labute approximate surface area is 127 Å². The second kappa shape index (κ2) is 7.60. The summed E-state index contributed by atoms with van der Waals surface area (Å²) in [5.74, 6) is 0.560. The summed E-state index contributed by atoms with van der Waals surface area (Å²) >= 11 is 0. The Bertz CT molecular complexity index is 519. The predicted octanol–water partition coefficient (Wildman–Crippen LogP) is 1.07. The van der Waals surface area contributed by atoms with E-state index in [9.17, 15) is 14.9 Å². The van der Waals surface area contributed by atoms with Crippen LogP contribution < -0.4 is 10.1 Å². The molecule has 0 saturated carbocycles. The van der Waals surface area contributed by atoms with Crippen LogP contribution >= 0.6 is 0 Å². The molecule has 1 heterocycles. The molecule has 120 valence electrons. The molecule has 1 aliphatic heterocycles. The highest BCUT2D eigenvalue weighted by Crippen LogP contribution is 2.25. The van der Waals surface area contributed by atoms with Crippen LogP contribution in [0.1, 0.15) is 18.9 Å². The van der Waals surface area contributed by atoms with E-state index in [-0.39, 0.29) is 31.3 Å². The van der Waals surface area contributed by atoms with Crippen molar-refractivity contribution in [1.29, 1.82) is 0 Å². The van der Waals surface area contributed by atoms with Crippen molar-refractivity contribution in [3.63, 3.8) is 0 Å². The molecular weight excluding hydrogens is 292 g/mol. The molecule has 0 spiro atoms. The average Bonchev–Trinajstić information content (AvgIpc) is 3.15. The van der Waals surface area contributed by atoms with E-state index < -0.39 is 5.09 Å². The fourth-order valence-electron chi connectivity index (χ4n) is 1.80. The summed E-state index contributed by atoms with van der Waals surface area (Å²) in [4.78, 5) is 25.8. The molecule has 1 aliphatic rings. The van der Waals surface area contributed by atoms with Gasteiger partial charge in [0.05, 0.1) is 13.0 Å². The van der Waals surface area contributed by atoms with E-state index in [1.165, 1.54) is 0 Å². The zero-order valence-electron chi connectivity index (χ0n) is 12.2. The van der Waals surface area contributed by atoms with Gasteiger partial charge in [-0.3, -0.25) is 4.79 Å². The van der Waals surface area contributed by atoms with E-state index in [2.05, 4.69) is 10.2 Å². The molecule has 1 fully saturated rings. The van der Waals surface area contributed by atoms with Crippen LogP contribution in [-0.2, 0) is 20.8 Å². The van der Waals surface area contributed by atoms with Crippen LogP contribution in [0.5, 0.6) is 5.75 Å². The van der Waals surface area contributed by atoms with E-state index in [0.717, 1.165) is 5.56 Å². The van der Waals surface area contributed by atoms with E-state index in [0.29, 0.717) is 18.7 Å². The van der Waals surface area contributed by atoms with Gasteiger partial charge in [-0.25, -0.2) is 0 Å². The second-order valence-corrected chi connectivity index (χ2v) is 4.91. The Morgan fingerprint density at radius 2 is 2.09 bits per heavy atom. The van der Waals surface area contributed by atoms with Crippen molar-refractivity contribution in [2.45, 2.75) is 32.2 Å². The Kier molecular flexibility index (Phi) is 5.54. The van der Waals surface area contributed by atoms with Crippen molar-refractivity contribution in [3.05, 3.63) is 39.9 Å². The van der Waals surface area contributed by atoms with Gasteiger partial charge in [0.25, 0.3) is 5.09 Å². The van der Waals surface area contributed by atoms with Crippen molar-refractivity contribution < 1.29 is 24.2 Å². The SMILES string of the molecule is CC1OC1Oc1ccc(CC(=O)NCCCO[N+](=O)[O-])cc1. The van der Waals surface area contributed by atoms with Gasteiger partial charge in [0.2, 0.25) is 12.2 Å². The summed E-state index contributed by atoms with van der Waals surface area (Å²) in [5.41, 5.74) is 0.858. The minimum atomic E-state index is -0.848. The van der Waals surface area contributed by atoms with Gasteiger partial charge >= 0.3 is 0 Å². The van der Waals surface area contributed by atoms with Gasteiger partial charge in [-0.1, -0.05) is 12.1 Å². The third kappa shape index (κ3) is 5.57. The highest BCUT2D eigenvalue weighted by Gasteiger charge is 2.36. The highest BCUT2D eigenvalue weighted by molar-refractivity contribution is 5.78. The monoisotopic (exact) mass is 310 g/mol. The first-order valence-electron chi connectivity index (χ1n) is 6.99. The van der Waals surface area contributed by atoms with Crippen LogP contribution in [0.25, 0.3) is 0 Å². The number of hydrogen-bond acceptors (Lipinski definition) is 6. The first-order chi connectivity index (χ1) is 10.5. The summed E-state index contributed by atoms with van der Waals surface area (Å²) in [6.07, 6.45) is 0.589. The Morgan fingerprint density at radius 3 is 2.68 bits per heavy atom. The number of epoxide rings is 1. The van der Waals surface area contributed by atoms with Gasteiger partial charge in [-0.05, 0) is 31.0 Å². The molecule has 2 rings (SSSR count). The normalized spacial score (nSPS) is 19.3. The predicted molar refractivity (Wildman–Crippen MR) is 75.7 cm³/mol. The summed E-state index contributed by atoms with van der Waals surface area (Å²) < 4.78 is 10.7. The largest absolute Gasteiger partial charge is 0.462 e. The van der Waals surface area contributed by atoms with Gasteiger partial charge in [0.15, 0.2) is 0 Å². The molecule has 8 nitrogen and oxygen atoms in total.